The number of hydrogen-bond acceptors (Lipinski definition) is 3. The molecule has 0 atom stereocenters. The molecule has 0 aliphatic carbocycles. The normalized spacial score (nSPS) is 11.5. The van der Waals surface area contributed by atoms with Gasteiger partial charge in [-0.2, -0.15) is 0 Å². The van der Waals surface area contributed by atoms with Crippen LogP contribution in [0.5, 0.6) is 5.75 Å². The molecule has 3 aromatic carbocycles. The van der Waals surface area contributed by atoms with Gasteiger partial charge < -0.3 is 14.9 Å². The Morgan fingerprint density at radius 1 is 0.636 bits per heavy atom. The molecular weight excluding hydrogens is 404 g/mol. The van der Waals surface area contributed by atoms with Crippen molar-refractivity contribution in [1.29, 1.82) is 0 Å². The average Bonchev–Trinajstić information content (AvgIpc) is 2.81. The van der Waals surface area contributed by atoms with Crippen molar-refractivity contribution < 1.29 is 5.11 Å². The molecule has 3 rings (SSSR count). The van der Waals surface area contributed by atoms with Crippen molar-refractivity contribution in [3.63, 3.8) is 0 Å². The molecule has 0 saturated carbocycles. The summed E-state index contributed by atoms with van der Waals surface area (Å²) in [5, 5.41) is 9.97. The van der Waals surface area contributed by atoms with Gasteiger partial charge in [0, 0.05) is 43.0 Å². The van der Waals surface area contributed by atoms with E-state index in [1.54, 1.807) is 12.1 Å². The number of hydrogen-bond donors (Lipinski definition) is 1. The number of benzene rings is 3. The summed E-state index contributed by atoms with van der Waals surface area (Å²) in [6, 6.07) is 21.5. The van der Waals surface area contributed by atoms with Gasteiger partial charge in [-0.1, -0.05) is 24.3 Å². The fourth-order valence-corrected chi connectivity index (χ4v) is 5.24. The molecule has 0 heterocycles. The van der Waals surface area contributed by atoms with E-state index in [2.05, 4.69) is 107 Å². The van der Waals surface area contributed by atoms with Crippen LogP contribution in [-0.4, -0.2) is 31.3 Å². The minimum atomic E-state index is -0.342. The summed E-state index contributed by atoms with van der Waals surface area (Å²) >= 11 is 0. The van der Waals surface area contributed by atoms with E-state index in [1.165, 1.54) is 39.2 Å². The van der Waals surface area contributed by atoms with Gasteiger partial charge in [-0.25, -0.2) is 0 Å². The van der Waals surface area contributed by atoms with E-state index in [-0.39, 0.29) is 5.41 Å². The number of aryl methyl sites for hydroxylation is 2. The number of phenols is 1. The Bertz CT molecular complexity index is 1000. The molecule has 33 heavy (non-hydrogen) atoms. The first-order valence-electron chi connectivity index (χ1n) is 12.3. The summed E-state index contributed by atoms with van der Waals surface area (Å²) in [6.07, 6.45) is 0. The summed E-state index contributed by atoms with van der Waals surface area (Å²) in [5.74, 6) is 0.295. The second-order valence-corrected chi connectivity index (χ2v) is 9.01. The van der Waals surface area contributed by atoms with Crippen molar-refractivity contribution >= 4 is 11.4 Å². The quantitative estimate of drug-likeness (QED) is 0.358. The van der Waals surface area contributed by atoms with Crippen molar-refractivity contribution in [2.45, 2.75) is 53.9 Å². The summed E-state index contributed by atoms with van der Waals surface area (Å²) in [4.78, 5) is 4.78. The maximum atomic E-state index is 9.97. The Hall–Kier alpha value is -2.94. The van der Waals surface area contributed by atoms with Gasteiger partial charge in [0.05, 0.1) is 0 Å². The van der Waals surface area contributed by atoms with Crippen LogP contribution in [0.15, 0.2) is 60.7 Å². The Morgan fingerprint density at radius 3 is 1.36 bits per heavy atom. The predicted octanol–water partition coefficient (Wildman–Crippen LogP) is 7.06. The maximum Gasteiger partial charge on any atom is 0.115 e. The lowest BCUT2D eigenvalue weighted by Gasteiger charge is -2.36. The van der Waals surface area contributed by atoms with Gasteiger partial charge in [-0.15, -0.1) is 0 Å². The van der Waals surface area contributed by atoms with Crippen LogP contribution in [0.3, 0.4) is 0 Å². The first-order chi connectivity index (χ1) is 15.8. The molecule has 3 nitrogen and oxygen atoms in total. The van der Waals surface area contributed by atoms with Gasteiger partial charge in [0.1, 0.15) is 5.75 Å². The molecule has 0 amide bonds. The second kappa shape index (κ2) is 10.3. The highest BCUT2D eigenvalue weighted by atomic mass is 16.3. The number of phenolic OH excluding ortho intramolecular Hbond substituents is 1. The van der Waals surface area contributed by atoms with Gasteiger partial charge >= 0.3 is 0 Å². The van der Waals surface area contributed by atoms with Crippen LogP contribution < -0.4 is 9.80 Å². The lowest BCUT2D eigenvalue weighted by Crippen LogP contribution is -2.29. The predicted molar refractivity (Wildman–Crippen MR) is 143 cm³/mol. The zero-order valence-corrected chi connectivity index (χ0v) is 21.4. The number of anilines is 2. The minimum absolute atomic E-state index is 0.295. The van der Waals surface area contributed by atoms with E-state index < -0.39 is 0 Å². The Balaban J connectivity index is 2.22. The molecule has 0 aromatic heterocycles. The van der Waals surface area contributed by atoms with Crippen LogP contribution in [0.2, 0.25) is 0 Å². The molecule has 0 fully saturated rings. The fourth-order valence-electron chi connectivity index (χ4n) is 5.24. The van der Waals surface area contributed by atoms with Crippen molar-refractivity contribution in [3.8, 4) is 5.75 Å². The minimum Gasteiger partial charge on any atom is -0.508 e. The largest absolute Gasteiger partial charge is 0.508 e. The molecule has 0 spiro atoms. The van der Waals surface area contributed by atoms with Crippen LogP contribution >= 0.6 is 0 Å². The molecule has 3 aromatic rings. The van der Waals surface area contributed by atoms with Crippen LogP contribution in [0.4, 0.5) is 11.4 Å². The average molecular weight is 445 g/mol. The highest BCUT2D eigenvalue weighted by Gasteiger charge is 2.34. The van der Waals surface area contributed by atoms with E-state index in [4.69, 9.17) is 0 Å². The molecule has 1 N–H and O–H groups in total. The van der Waals surface area contributed by atoms with Crippen molar-refractivity contribution in [1.82, 2.24) is 0 Å². The summed E-state index contributed by atoms with van der Waals surface area (Å²) in [6.45, 7) is 19.6. The van der Waals surface area contributed by atoms with Crippen LogP contribution in [-0.2, 0) is 5.41 Å². The molecule has 0 unspecified atom stereocenters. The smallest absolute Gasteiger partial charge is 0.115 e. The topological polar surface area (TPSA) is 26.7 Å². The third-order valence-corrected chi connectivity index (χ3v) is 7.20. The second-order valence-electron chi connectivity index (χ2n) is 9.01. The fraction of sp³-hybridized carbons (Fsp3) is 0.400. The summed E-state index contributed by atoms with van der Waals surface area (Å²) < 4.78 is 0. The Kier molecular flexibility index (Phi) is 7.73. The molecular formula is C30H40N2O. The highest BCUT2D eigenvalue weighted by molar-refractivity contribution is 5.61. The molecule has 3 heteroatoms. The Labute approximate surface area is 200 Å². The number of nitrogens with zero attached hydrogens (tertiary/aromatic N) is 2. The third-order valence-electron chi connectivity index (χ3n) is 7.20. The summed E-state index contributed by atoms with van der Waals surface area (Å²) in [5.41, 5.74) is 8.52. The lowest BCUT2D eigenvalue weighted by atomic mass is 9.68. The molecule has 0 aliphatic rings. The van der Waals surface area contributed by atoms with Crippen molar-refractivity contribution in [2.24, 2.45) is 0 Å². The first kappa shape index (κ1) is 24.7. The number of rotatable bonds is 9. The Morgan fingerprint density at radius 2 is 1.03 bits per heavy atom. The molecule has 0 bridgehead atoms. The van der Waals surface area contributed by atoms with Crippen LogP contribution in [0, 0.1) is 13.8 Å². The van der Waals surface area contributed by atoms with E-state index in [9.17, 15) is 5.11 Å². The standard InChI is InChI=1S/C30H40N2O/c1-8-31(9-2)25-14-18-28(22(5)20-25)30(7,24-12-16-27(33)17-13-24)29-19-15-26(21-23(29)6)32(10-3)11-4/h12-21,33H,8-11H2,1-7H3. The molecule has 0 radical (unpaired) electrons. The third kappa shape index (κ3) is 4.73. The number of aromatic hydroxyl groups is 1. The van der Waals surface area contributed by atoms with E-state index in [1.807, 2.05) is 0 Å². The van der Waals surface area contributed by atoms with Crippen molar-refractivity contribution in [3.05, 3.63) is 88.5 Å². The monoisotopic (exact) mass is 444 g/mol. The van der Waals surface area contributed by atoms with Gasteiger partial charge in [0.2, 0.25) is 0 Å². The van der Waals surface area contributed by atoms with Crippen LogP contribution in [0.1, 0.15) is 62.4 Å². The van der Waals surface area contributed by atoms with Gasteiger partial charge in [-0.05, 0) is 113 Å². The lowest BCUT2D eigenvalue weighted by molar-refractivity contribution is 0.474. The first-order valence-corrected chi connectivity index (χ1v) is 12.3. The molecule has 176 valence electrons. The van der Waals surface area contributed by atoms with Gasteiger partial charge in [0.15, 0.2) is 0 Å². The highest BCUT2D eigenvalue weighted by Crippen LogP contribution is 2.43. The van der Waals surface area contributed by atoms with E-state index in [0.29, 0.717) is 5.75 Å². The van der Waals surface area contributed by atoms with Gasteiger partial charge in [-0.3, -0.25) is 0 Å². The zero-order chi connectivity index (χ0) is 24.2. The SMILES string of the molecule is CCN(CC)c1ccc(C(C)(c2ccc(O)cc2)c2ccc(N(CC)CC)cc2C)c(C)c1. The molecule has 0 saturated heterocycles. The van der Waals surface area contributed by atoms with Crippen molar-refractivity contribution in [2.75, 3.05) is 36.0 Å². The maximum absolute atomic E-state index is 9.97. The summed E-state index contributed by atoms with van der Waals surface area (Å²) in [7, 11) is 0. The van der Waals surface area contributed by atoms with E-state index in [0.717, 1.165) is 26.2 Å². The van der Waals surface area contributed by atoms with Gasteiger partial charge in [0.25, 0.3) is 0 Å². The van der Waals surface area contributed by atoms with Crippen LogP contribution in [0.25, 0.3) is 0 Å². The zero-order valence-electron chi connectivity index (χ0n) is 21.4. The van der Waals surface area contributed by atoms with E-state index >= 15 is 0 Å². The molecule has 0 aliphatic heterocycles.